The van der Waals surface area contributed by atoms with Crippen molar-refractivity contribution in [3.8, 4) is 0 Å². The van der Waals surface area contributed by atoms with Crippen LogP contribution in [-0.4, -0.2) is 21.8 Å². The van der Waals surface area contributed by atoms with E-state index < -0.39 is 17.7 Å². The van der Waals surface area contributed by atoms with Crippen molar-refractivity contribution in [1.82, 2.24) is 4.98 Å². The highest BCUT2D eigenvalue weighted by Crippen LogP contribution is 2.41. The van der Waals surface area contributed by atoms with Gasteiger partial charge in [-0.25, -0.2) is 0 Å². The number of aryl methyl sites for hydroxylation is 2. The van der Waals surface area contributed by atoms with E-state index in [1.807, 2.05) is 38.1 Å². The van der Waals surface area contributed by atoms with E-state index in [4.69, 9.17) is 0 Å². The van der Waals surface area contributed by atoms with Crippen molar-refractivity contribution < 1.29 is 14.7 Å². The maximum Gasteiger partial charge on any atom is 0.300 e. The quantitative estimate of drug-likeness (QED) is 0.415. The summed E-state index contributed by atoms with van der Waals surface area (Å²) in [5.41, 5.74) is 3.88. The largest absolute Gasteiger partial charge is 0.507 e. The number of amides is 1. The summed E-state index contributed by atoms with van der Waals surface area (Å²) in [5, 5.41) is 11.0. The number of Topliss-reactive ketones (excluding diaryl/α,β-unsaturated/α-hetero) is 1. The van der Waals surface area contributed by atoms with Crippen molar-refractivity contribution in [1.29, 1.82) is 0 Å². The zero-order valence-electron chi connectivity index (χ0n) is 16.2. The molecule has 5 heteroatoms. The average molecular weight is 384 g/mol. The lowest BCUT2D eigenvalue weighted by Crippen LogP contribution is -2.29. The Morgan fingerprint density at radius 2 is 1.55 bits per heavy atom. The molecule has 1 saturated heterocycles. The van der Waals surface area contributed by atoms with Crippen LogP contribution in [0.5, 0.6) is 0 Å². The maximum atomic E-state index is 13.0. The maximum absolute atomic E-state index is 13.0. The molecular weight excluding hydrogens is 364 g/mol. The summed E-state index contributed by atoms with van der Waals surface area (Å²) in [7, 11) is 0. The highest BCUT2D eigenvalue weighted by Gasteiger charge is 2.47. The van der Waals surface area contributed by atoms with Gasteiger partial charge in [-0.1, -0.05) is 53.6 Å². The third kappa shape index (κ3) is 3.31. The summed E-state index contributed by atoms with van der Waals surface area (Å²) >= 11 is 0. The van der Waals surface area contributed by atoms with Crippen LogP contribution in [0.2, 0.25) is 0 Å². The molecule has 1 aliphatic rings. The summed E-state index contributed by atoms with van der Waals surface area (Å²) in [4.78, 5) is 31.6. The molecule has 1 unspecified atom stereocenters. The van der Waals surface area contributed by atoms with Gasteiger partial charge >= 0.3 is 0 Å². The van der Waals surface area contributed by atoms with Crippen molar-refractivity contribution in [3.63, 3.8) is 0 Å². The highest BCUT2D eigenvalue weighted by atomic mass is 16.3. The van der Waals surface area contributed by atoms with E-state index in [1.165, 1.54) is 4.90 Å². The Morgan fingerprint density at radius 3 is 2.14 bits per heavy atom. The molecule has 1 atom stereocenters. The minimum absolute atomic E-state index is 0.0624. The monoisotopic (exact) mass is 384 g/mol. The normalized spacial score (nSPS) is 18.3. The molecule has 0 aliphatic carbocycles. The van der Waals surface area contributed by atoms with Gasteiger partial charge in [0.25, 0.3) is 11.7 Å². The van der Waals surface area contributed by atoms with Crippen molar-refractivity contribution in [2.75, 3.05) is 4.90 Å². The Labute approximate surface area is 169 Å². The van der Waals surface area contributed by atoms with Gasteiger partial charge in [-0.3, -0.25) is 19.5 Å². The Bertz CT molecular complexity index is 1100. The molecule has 4 rings (SSSR count). The molecule has 1 amide bonds. The predicted molar refractivity (Wildman–Crippen MR) is 111 cm³/mol. The second kappa shape index (κ2) is 7.36. The minimum atomic E-state index is -0.757. The summed E-state index contributed by atoms with van der Waals surface area (Å²) < 4.78 is 0. The van der Waals surface area contributed by atoms with Crippen LogP contribution < -0.4 is 4.90 Å². The molecule has 0 saturated carbocycles. The van der Waals surface area contributed by atoms with E-state index >= 15 is 0 Å². The fourth-order valence-corrected chi connectivity index (χ4v) is 3.52. The first-order valence-corrected chi connectivity index (χ1v) is 9.32. The molecule has 1 aliphatic heterocycles. The van der Waals surface area contributed by atoms with Gasteiger partial charge in [-0.2, -0.15) is 0 Å². The van der Waals surface area contributed by atoms with Crippen LogP contribution in [-0.2, 0) is 9.59 Å². The van der Waals surface area contributed by atoms with E-state index in [0.29, 0.717) is 16.8 Å². The fourth-order valence-electron chi connectivity index (χ4n) is 3.52. The van der Waals surface area contributed by atoms with E-state index in [9.17, 15) is 14.7 Å². The van der Waals surface area contributed by atoms with Gasteiger partial charge in [0.1, 0.15) is 5.76 Å². The minimum Gasteiger partial charge on any atom is -0.507 e. The van der Waals surface area contributed by atoms with Crippen LogP contribution in [0.15, 0.2) is 78.6 Å². The van der Waals surface area contributed by atoms with E-state index in [2.05, 4.69) is 4.98 Å². The zero-order valence-corrected chi connectivity index (χ0v) is 16.2. The number of pyridine rings is 1. The second-order valence-corrected chi connectivity index (χ2v) is 7.16. The Morgan fingerprint density at radius 1 is 0.931 bits per heavy atom. The number of rotatable bonds is 3. The molecule has 2 aromatic carbocycles. The molecular formula is C24H20N2O3. The predicted octanol–water partition coefficient (Wildman–Crippen LogP) is 4.32. The van der Waals surface area contributed by atoms with Gasteiger partial charge in [-0.05, 0) is 37.6 Å². The first-order valence-electron chi connectivity index (χ1n) is 9.32. The fraction of sp³-hybridized carbons (Fsp3) is 0.125. The van der Waals surface area contributed by atoms with Crippen molar-refractivity contribution >= 4 is 23.1 Å². The SMILES string of the molecule is Cc1ccc(/C(O)=C2/C(=O)C(=O)N(c3ccc(C)cc3)C2c2cccnc2)cc1. The van der Waals surface area contributed by atoms with Gasteiger partial charge < -0.3 is 5.11 Å². The lowest BCUT2D eigenvalue weighted by molar-refractivity contribution is -0.132. The number of aromatic nitrogens is 1. The Kier molecular flexibility index (Phi) is 4.72. The van der Waals surface area contributed by atoms with Gasteiger partial charge in [0.15, 0.2) is 0 Å². The van der Waals surface area contributed by atoms with Crippen LogP contribution in [0.3, 0.4) is 0 Å². The number of aliphatic hydroxyl groups is 1. The first kappa shape index (κ1) is 18.6. The molecule has 0 bridgehead atoms. The van der Waals surface area contributed by atoms with Gasteiger partial charge in [-0.15, -0.1) is 0 Å². The Hall–Kier alpha value is -3.73. The number of carbonyl (C=O) groups is 2. The number of hydrogen-bond donors (Lipinski definition) is 1. The summed E-state index contributed by atoms with van der Waals surface area (Å²) in [6.07, 6.45) is 3.24. The second-order valence-electron chi connectivity index (χ2n) is 7.16. The molecule has 5 nitrogen and oxygen atoms in total. The highest BCUT2D eigenvalue weighted by molar-refractivity contribution is 6.51. The third-order valence-electron chi connectivity index (χ3n) is 5.08. The molecule has 1 N–H and O–H groups in total. The standard InChI is InChI=1S/C24H20N2O3/c1-15-5-9-17(10-6-15)22(27)20-21(18-4-3-13-25-14-18)26(24(29)23(20)28)19-11-7-16(2)8-12-19/h3-14,21,27H,1-2H3/b22-20-. The zero-order chi connectivity index (χ0) is 20.5. The third-order valence-corrected chi connectivity index (χ3v) is 5.08. The molecule has 3 aromatic rings. The summed E-state index contributed by atoms with van der Waals surface area (Å²) in [6, 6.07) is 17.3. The number of hydrogen-bond acceptors (Lipinski definition) is 4. The van der Waals surface area contributed by atoms with Crippen LogP contribution >= 0.6 is 0 Å². The van der Waals surface area contributed by atoms with Crippen LogP contribution in [0.4, 0.5) is 5.69 Å². The molecule has 144 valence electrons. The van der Waals surface area contributed by atoms with Gasteiger partial charge in [0.2, 0.25) is 0 Å². The number of ketones is 1. The van der Waals surface area contributed by atoms with E-state index in [0.717, 1.165) is 11.1 Å². The van der Waals surface area contributed by atoms with Crippen molar-refractivity contribution in [3.05, 3.63) is 101 Å². The van der Waals surface area contributed by atoms with Crippen LogP contribution in [0, 0.1) is 13.8 Å². The molecule has 1 fully saturated rings. The molecule has 0 radical (unpaired) electrons. The van der Waals surface area contributed by atoms with Crippen LogP contribution in [0.25, 0.3) is 5.76 Å². The lowest BCUT2D eigenvalue weighted by atomic mass is 9.96. The van der Waals surface area contributed by atoms with Gasteiger partial charge in [0.05, 0.1) is 11.6 Å². The Balaban J connectivity index is 1.93. The number of nitrogens with zero attached hydrogens (tertiary/aromatic N) is 2. The average Bonchev–Trinajstić information content (AvgIpc) is 3.00. The van der Waals surface area contributed by atoms with Crippen LogP contribution in [0.1, 0.15) is 28.3 Å². The topological polar surface area (TPSA) is 70.5 Å². The lowest BCUT2D eigenvalue weighted by Gasteiger charge is -2.25. The van der Waals surface area contributed by atoms with Gasteiger partial charge in [0, 0.05) is 23.6 Å². The molecule has 1 aromatic heterocycles. The molecule has 0 spiro atoms. The first-order chi connectivity index (χ1) is 14.0. The summed E-state index contributed by atoms with van der Waals surface area (Å²) in [5.74, 6) is -1.57. The van der Waals surface area contributed by atoms with Crippen molar-refractivity contribution in [2.24, 2.45) is 0 Å². The number of benzene rings is 2. The molecule has 29 heavy (non-hydrogen) atoms. The number of aliphatic hydroxyl groups excluding tert-OH is 1. The van der Waals surface area contributed by atoms with E-state index in [1.54, 1.807) is 48.8 Å². The molecule has 2 heterocycles. The van der Waals surface area contributed by atoms with Crippen molar-refractivity contribution in [2.45, 2.75) is 19.9 Å². The summed E-state index contributed by atoms with van der Waals surface area (Å²) in [6.45, 7) is 3.89. The number of anilines is 1. The van der Waals surface area contributed by atoms with E-state index in [-0.39, 0.29) is 11.3 Å². The number of carbonyl (C=O) groups excluding carboxylic acids is 2. The smallest absolute Gasteiger partial charge is 0.300 e.